The summed E-state index contributed by atoms with van der Waals surface area (Å²) in [6.45, 7) is 3.14. The molecule has 2 fully saturated rings. The number of hydrogen-bond donors (Lipinski definition) is 3. The summed E-state index contributed by atoms with van der Waals surface area (Å²) in [6, 6.07) is 6.66. The van der Waals surface area contributed by atoms with Crippen LogP contribution in [0, 0.1) is 0 Å². The zero-order valence-electron chi connectivity index (χ0n) is 16.6. The van der Waals surface area contributed by atoms with Crippen molar-refractivity contribution < 1.29 is 18.7 Å². The van der Waals surface area contributed by atoms with Crippen LogP contribution in [0.25, 0.3) is 11.3 Å². The SMILES string of the molecule is O=C(O)c1cc(-c2ccnc(NC3CCC(F)(F)CC3)c2)nc(N2CCNCC2)c1. The first-order valence-corrected chi connectivity index (χ1v) is 10.2. The Balaban J connectivity index is 1.58. The molecular formula is C21H25F2N5O2. The van der Waals surface area contributed by atoms with Crippen LogP contribution in [0.5, 0.6) is 0 Å². The molecule has 1 aliphatic heterocycles. The van der Waals surface area contributed by atoms with Gasteiger partial charge >= 0.3 is 5.97 Å². The van der Waals surface area contributed by atoms with Crippen molar-refractivity contribution in [1.82, 2.24) is 15.3 Å². The molecule has 2 aromatic rings. The first kappa shape index (κ1) is 20.5. The Hall–Kier alpha value is -2.81. The molecule has 2 aromatic heterocycles. The van der Waals surface area contributed by atoms with Crippen molar-refractivity contribution in [3.8, 4) is 11.3 Å². The molecule has 0 amide bonds. The molecule has 0 aromatic carbocycles. The minimum atomic E-state index is -2.57. The molecule has 160 valence electrons. The predicted octanol–water partition coefficient (Wildman–Crippen LogP) is 3.24. The number of piperazine rings is 1. The molecule has 1 saturated heterocycles. The zero-order chi connectivity index (χ0) is 21.1. The maximum Gasteiger partial charge on any atom is 0.335 e. The number of aromatic carboxylic acids is 1. The van der Waals surface area contributed by atoms with Crippen LogP contribution >= 0.6 is 0 Å². The molecule has 3 heterocycles. The van der Waals surface area contributed by atoms with Gasteiger partial charge < -0.3 is 20.6 Å². The smallest absolute Gasteiger partial charge is 0.335 e. The third-order valence-corrected chi connectivity index (χ3v) is 5.62. The highest BCUT2D eigenvalue weighted by Crippen LogP contribution is 2.34. The fourth-order valence-electron chi connectivity index (χ4n) is 3.91. The van der Waals surface area contributed by atoms with E-state index in [1.54, 1.807) is 30.5 Å². The van der Waals surface area contributed by atoms with E-state index >= 15 is 0 Å². The number of nitrogens with one attached hydrogen (secondary N) is 2. The fraction of sp³-hybridized carbons (Fsp3) is 0.476. The Morgan fingerprint density at radius 2 is 1.93 bits per heavy atom. The molecule has 0 spiro atoms. The van der Waals surface area contributed by atoms with Gasteiger partial charge in [-0.15, -0.1) is 0 Å². The second-order valence-corrected chi connectivity index (χ2v) is 7.85. The van der Waals surface area contributed by atoms with E-state index in [1.165, 1.54) is 0 Å². The first-order chi connectivity index (χ1) is 14.4. The molecule has 3 N–H and O–H groups in total. The van der Waals surface area contributed by atoms with Crippen LogP contribution in [-0.2, 0) is 0 Å². The van der Waals surface area contributed by atoms with E-state index in [-0.39, 0.29) is 24.4 Å². The monoisotopic (exact) mass is 417 g/mol. The molecule has 1 aliphatic carbocycles. The van der Waals surface area contributed by atoms with Crippen molar-refractivity contribution in [1.29, 1.82) is 0 Å². The Morgan fingerprint density at radius 1 is 1.20 bits per heavy atom. The quantitative estimate of drug-likeness (QED) is 0.688. The molecule has 4 rings (SSSR count). The second-order valence-electron chi connectivity index (χ2n) is 7.85. The van der Waals surface area contributed by atoms with E-state index < -0.39 is 11.9 Å². The molecule has 9 heteroatoms. The highest BCUT2D eigenvalue weighted by Gasteiger charge is 2.34. The van der Waals surface area contributed by atoms with Gasteiger partial charge in [-0.3, -0.25) is 0 Å². The lowest BCUT2D eigenvalue weighted by atomic mass is 9.92. The Kier molecular flexibility index (Phi) is 5.80. The van der Waals surface area contributed by atoms with E-state index in [0.29, 0.717) is 30.2 Å². The van der Waals surface area contributed by atoms with Gasteiger partial charge in [0.05, 0.1) is 11.3 Å². The molecule has 7 nitrogen and oxygen atoms in total. The Labute approximate surface area is 173 Å². The third kappa shape index (κ3) is 4.84. The summed E-state index contributed by atoms with van der Waals surface area (Å²) in [7, 11) is 0. The number of carbonyl (C=O) groups is 1. The maximum absolute atomic E-state index is 13.4. The molecular weight excluding hydrogens is 392 g/mol. The molecule has 0 atom stereocenters. The van der Waals surface area contributed by atoms with Gasteiger partial charge in [0.2, 0.25) is 5.92 Å². The summed E-state index contributed by atoms with van der Waals surface area (Å²) in [5, 5.41) is 16.1. The lowest BCUT2D eigenvalue weighted by Crippen LogP contribution is -2.44. The van der Waals surface area contributed by atoms with Gasteiger partial charge in [-0.05, 0) is 37.1 Å². The number of halogens is 2. The van der Waals surface area contributed by atoms with Crippen LogP contribution in [0.4, 0.5) is 20.4 Å². The molecule has 1 saturated carbocycles. The third-order valence-electron chi connectivity index (χ3n) is 5.62. The minimum Gasteiger partial charge on any atom is -0.478 e. The Morgan fingerprint density at radius 3 is 2.63 bits per heavy atom. The molecule has 0 radical (unpaired) electrons. The van der Waals surface area contributed by atoms with Crippen molar-refractivity contribution in [2.75, 3.05) is 36.4 Å². The van der Waals surface area contributed by atoms with Gasteiger partial charge in [-0.1, -0.05) is 0 Å². The molecule has 0 bridgehead atoms. The van der Waals surface area contributed by atoms with Crippen LogP contribution in [0.1, 0.15) is 36.0 Å². The maximum atomic E-state index is 13.4. The van der Waals surface area contributed by atoms with Crippen molar-refractivity contribution in [3.63, 3.8) is 0 Å². The minimum absolute atomic E-state index is 0.0536. The Bertz CT molecular complexity index is 908. The average molecular weight is 417 g/mol. The lowest BCUT2D eigenvalue weighted by molar-refractivity contribution is -0.0361. The standard InChI is InChI=1S/C21H25F2N5O2/c22-21(23)4-1-16(2-5-21)26-18-12-14(3-6-25-18)17-11-15(20(29)30)13-19(27-17)28-9-7-24-8-10-28/h3,6,11-13,16,24H,1-2,4-5,7-10H2,(H,25,26)(H,29,30). The number of carboxylic acids is 1. The van der Waals surface area contributed by atoms with E-state index in [2.05, 4.69) is 20.5 Å². The van der Waals surface area contributed by atoms with E-state index in [0.717, 1.165) is 31.7 Å². The van der Waals surface area contributed by atoms with Crippen LogP contribution in [-0.4, -0.2) is 59.2 Å². The summed E-state index contributed by atoms with van der Waals surface area (Å²) >= 11 is 0. The normalized spacial score (nSPS) is 19.5. The van der Waals surface area contributed by atoms with Crippen molar-refractivity contribution >= 4 is 17.6 Å². The van der Waals surface area contributed by atoms with Gasteiger partial charge in [-0.25, -0.2) is 23.5 Å². The van der Waals surface area contributed by atoms with Crippen LogP contribution in [0.15, 0.2) is 30.5 Å². The average Bonchev–Trinajstić information content (AvgIpc) is 2.76. The number of carboxylic acid groups (broad SMARTS) is 1. The van der Waals surface area contributed by atoms with Gasteiger partial charge in [0, 0.05) is 56.8 Å². The van der Waals surface area contributed by atoms with Crippen LogP contribution < -0.4 is 15.5 Å². The lowest BCUT2D eigenvalue weighted by Gasteiger charge is -2.29. The molecule has 30 heavy (non-hydrogen) atoms. The molecule has 2 aliphatic rings. The van der Waals surface area contributed by atoms with E-state index in [4.69, 9.17) is 4.98 Å². The van der Waals surface area contributed by atoms with Crippen LogP contribution in [0.3, 0.4) is 0 Å². The number of rotatable bonds is 5. The number of aromatic nitrogens is 2. The summed E-state index contributed by atoms with van der Waals surface area (Å²) in [5.41, 5.74) is 1.45. The summed E-state index contributed by atoms with van der Waals surface area (Å²) in [4.78, 5) is 22.7. The van der Waals surface area contributed by atoms with Gasteiger partial charge in [0.15, 0.2) is 0 Å². The van der Waals surface area contributed by atoms with Gasteiger partial charge in [-0.2, -0.15) is 0 Å². The summed E-state index contributed by atoms with van der Waals surface area (Å²) in [6.07, 6.45) is 2.15. The van der Waals surface area contributed by atoms with Gasteiger partial charge in [0.25, 0.3) is 0 Å². The topological polar surface area (TPSA) is 90.4 Å². The van der Waals surface area contributed by atoms with E-state index in [1.807, 2.05) is 0 Å². The molecule has 0 unspecified atom stereocenters. The fourth-order valence-corrected chi connectivity index (χ4v) is 3.91. The largest absolute Gasteiger partial charge is 0.478 e. The number of nitrogens with zero attached hydrogens (tertiary/aromatic N) is 3. The summed E-state index contributed by atoms with van der Waals surface area (Å²) in [5.74, 6) is -2.37. The highest BCUT2D eigenvalue weighted by atomic mass is 19.3. The van der Waals surface area contributed by atoms with Crippen LogP contribution in [0.2, 0.25) is 0 Å². The number of pyridine rings is 2. The first-order valence-electron chi connectivity index (χ1n) is 10.2. The number of alkyl halides is 2. The van der Waals surface area contributed by atoms with Crippen molar-refractivity contribution in [3.05, 3.63) is 36.0 Å². The predicted molar refractivity (Wildman–Crippen MR) is 110 cm³/mol. The second kappa shape index (κ2) is 8.51. The number of anilines is 2. The van der Waals surface area contributed by atoms with Crippen molar-refractivity contribution in [2.24, 2.45) is 0 Å². The zero-order valence-corrected chi connectivity index (χ0v) is 16.6. The number of hydrogen-bond acceptors (Lipinski definition) is 6. The highest BCUT2D eigenvalue weighted by molar-refractivity contribution is 5.90. The van der Waals surface area contributed by atoms with E-state index in [9.17, 15) is 18.7 Å². The summed E-state index contributed by atoms with van der Waals surface area (Å²) < 4.78 is 26.8. The van der Waals surface area contributed by atoms with Crippen molar-refractivity contribution in [2.45, 2.75) is 37.6 Å². The van der Waals surface area contributed by atoms with Gasteiger partial charge in [0.1, 0.15) is 11.6 Å².